The molecule has 0 aliphatic carbocycles. The number of hydrogen-bond acceptors (Lipinski definition) is 3. The van der Waals surface area contributed by atoms with Crippen LogP contribution in [0.3, 0.4) is 0 Å². The van der Waals surface area contributed by atoms with Gasteiger partial charge in [-0.1, -0.05) is 176 Å². The van der Waals surface area contributed by atoms with E-state index in [1.807, 2.05) is 11.3 Å². The first-order valence-electron chi connectivity index (χ1n) is 22.9. The smallest absolute Gasteiger partial charge is 0.0546 e. The fourth-order valence-corrected chi connectivity index (χ4v) is 11.5. The monoisotopic (exact) mass is 870 g/mol. The summed E-state index contributed by atoms with van der Waals surface area (Å²) in [6, 6.07) is 93.0. The van der Waals surface area contributed by atoms with Gasteiger partial charge < -0.3 is 9.80 Å². The Labute approximate surface area is 394 Å². The van der Waals surface area contributed by atoms with Crippen LogP contribution in [0.15, 0.2) is 255 Å². The standard InChI is InChI=1S/C64H42N2S/c1-5-18-43(19-6-1)46-24-15-29-53(37-46)65(52-27-11-4-12-28-52)54-30-16-25-47(38-54)48-34-35-57-60(41-48)67-61-42-49-26-17-33-59-62(49)64(63(57)61)56-31-13-14-32-58(56)66(59)55-39-50(44-20-7-2-8-21-44)36-51(40-55)45-22-9-3-10-23-45/h1-42H. The summed E-state index contributed by atoms with van der Waals surface area (Å²) in [6.07, 6.45) is 0. The van der Waals surface area contributed by atoms with Gasteiger partial charge in [-0.2, -0.15) is 0 Å². The molecule has 3 heteroatoms. The Kier molecular flexibility index (Phi) is 9.40. The third-order valence-corrected chi connectivity index (χ3v) is 14.4. The molecule has 314 valence electrons. The first-order chi connectivity index (χ1) is 33.2. The van der Waals surface area contributed by atoms with Gasteiger partial charge in [0.2, 0.25) is 0 Å². The van der Waals surface area contributed by atoms with Gasteiger partial charge in [0.25, 0.3) is 0 Å². The topological polar surface area (TPSA) is 6.48 Å². The number of nitrogens with zero attached hydrogens (tertiary/aromatic N) is 2. The lowest BCUT2D eigenvalue weighted by atomic mass is 9.87. The van der Waals surface area contributed by atoms with Gasteiger partial charge in [0.1, 0.15) is 0 Å². The molecule has 12 aromatic rings. The van der Waals surface area contributed by atoms with Crippen LogP contribution in [0.2, 0.25) is 0 Å². The molecule has 0 fully saturated rings. The summed E-state index contributed by atoms with van der Waals surface area (Å²) in [5.74, 6) is 0. The Bertz CT molecular complexity index is 3750. The predicted molar refractivity (Wildman–Crippen MR) is 287 cm³/mol. The first-order valence-corrected chi connectivity index (χ1v) is 23.7. The van der Waals surface area contributed by atoms with Crippen LogP contribution in [0.4, 0.5) is 34.1 Å². The van der Waals surface area contributed by atoms with E-state index in [0.29, 0.717) is 0 Å². The zero-order valence-electron chi connectivity index (χ0n) is 36.6. The molecule has 2 heterocycles. The summed E-state index contributed by atoms with van der Waals surface area (Å²) in [7, 11) is 0. The Morgan fingerprint density at radius 2 is 0.821 bits per heavy atom. The highest BCUT2D eigenvalue weighted by Crippen LogP contribution is 2.56. The summed E-state index contributed by atoms with van der Waals surface area (Å²) in [5.41, 5.74) is 19.0. The molecule has 0 saturated heterocycles. The molecule has 1 aliphatic rings. The second-order valence-corrected chi connectivity index (χ2v) is 18.4. The number of para-hydroxylation sites is 2. The average molecular weight is 871 g/mol. The van der Waals surface area contributed by atoms with Crippen LogP contribution in [0.25, 0.3) is 86.6 Å². The van der Waals surface area contributed by atoms with E-state index in [-0.39, 0.29) is 0 Å². The Hall–Kier alpha value is -8.50. The van der Waals surface area contributed by atoms with E-state index in [1.54, 1.807) is 0 Å². The van der Waals surface area contributed by atoms with E-state index in [0.717, 1.165) is 22.7 Å². The summed E-state index contributed by atoms with van der Waals surface area (Å²) in [5, 5.41) is 5.15. The molecule has 0 N–H and O–H groups in total. The van der Waals surface area contributed by atoms with Gasteiger partial charge in [0.05, 0.1) is 11.4 Å². The summed E-state index contributed by atoms with van der Waals surface area (Å²) in [6.45, 7) is 0. The van der Waals surface area contributed by atoms with Crippen LogP contribution < -0.4 is 9.80 Å². The Morgan fingerprint density at radius 1 is 0.313 bits per heavy atom. The number of anilines is 6. The lowest BCUT2D eigenvalue weighted by molar-refractivity contribution is 1.28. The van der Waals surface area contributed by atoms with Crippen molar-refractivity contribution in [3.63, 3.8) is 0 Å². The summed E-state index contributed by atoms with van der Waals surface area (Å²) >= 11 is 1.90. The molecule has 13 rings (SSSR count). The number of benzene rings is 11. The minimum atomic E-state index is 1.11. The van der Waals surface area contributed by atoms with Crippen LogP contribution in [0.1, 0.15) is 0 Å². The van der Waals surface area contributed by atoms with Crippen molar-refractivity contribution in [3.05, 3.63) is 255 Å². The van der Waals surface area contributed by atoms with E-state index in [1.165, 1.54) is 98.0 Å². The Morgan fingerprint density at radius 3 is 1.48 bits per heavy atom. The van der Waals surface area contributed by atoms with Gasteiger partial charge in [-0.25, -0.2) is 0 Å². The van der Waals surface area contributed by atoms with Gasteiger partial charge >= 0.3 is 0 Å². The molecule has 1 aliphatic heterocycles. The molecule has 0 radical (unpaired) electrons. The van der Waals surface area contributed by atoms with Gasteiger partial charge in [0.15, 0.2) is 0 Å². The van der Waals surface area contributed by atoms with Crippen molar-refractivity contribution in [2.24, 2.45) is 0 Å². The zero-order chi connectivity index (χ0) is 44.3. The molecule has 0 unspecified atom stereocenters. The third-order valence-electron chi connectivity index (χ3n) is 13.3. The normalized spacial score (nSPS) is 11.9. The lowest BCUT2D eigenvalue weighted by Gasteiger charge is -2.34. The fourth-order valence-electron chi connectivity index (χ4n) is 10.3. The van der Waals surface area contributed by atoms with Crippen LogP contribution in [-0.2, 0) is 0 Å². The van der Waals surface area contributed by atoms with Gasteiger partial charge in [-0.05, 0) is 129 Å². The summed E-state index contributed by atoms with van der Waals surface area (Å²) < 4.78 is 2.58. The summed E-state index contributed by atoms with van der Waals surface area (Å²) in [4.78, 5) is 4.86. The van der Waals surface area contributed by atoms with E-state index < -0.39 is 0 Å². The lowest BCUT2D eigenvalue weighted by Crippen LogP contribution is -2.15. The quantitative estimate of drug-likeness (QED) is 0.150. The molecule has 67 heavy (non-hydrogen) atoms. The van der Waals surface area contributed by atoms with Crippen LogP contribution >= 0.6 is 11.3 Å². The van der Waals surface area contributed by atoms with Crippen LogP contribution in [-0.4, -0.2) is 0 Å². The first kappa shape index (κ1) is 38.9. The van der Waals surface area contributed by atoms with Gasteiger partial charge in [-0.15, -0.1) is 11.3 Å². The third kappa shape index (κ3) is 6.79. The van der Waals surface area contributed by atoms with E-state index >= 15 is 0 Å². The van der Waals surface area contributed by atoms with Gasteiger partial charge in [-0.3, -0.25) is 0 Å². The molecular weight excluding hydrogens is 829 g/mol. The largest absolute Gasteiger partial charge is 0.310 e. The maximum atomic E-state index is 2.49. The number of fused-ring (bicyclic) bond motifs is 6. The van der Waals surface area contributed by atoms with Crippen molar-refractivity contribution < 1.29 is 0 Å². The number of rotatable bonds is 8. The highest BCUT2D eigenvalue weighted by atomic mass is 32.1. The highest BCUT2D eigenvalue weighted by Gasteiger charge is 2.29. The minimum Gasteiger partial charge on any atom is -0.310 e. The average Bonchev–Trinajstić information content (AvgIpc) is 3.77. The van der Waals surface area contributed by atoms with Crippen molar-refractivity contribution in [2.75, 3.05) is 9.80 Å². The maximum Gasteiger partial charge on any atom is 0.0546 e. The second kappa shape index (κ2) is 16.2. The molecule has 0 bridgehead atoms. The van der Waals surface area contributed by atoms with Crippen LogP contribution in [0, 0.1) is 0 Å². The van der Waals surface area contributed by atoms with E-state index in [9.17, 15) is 0 Å². The SMILES string of the molecule is c1ccc(-c2cccc(N(c3ccccc3)c3cccc(-c4ccc5c(c4)sc4cc6cccc7c6c(c45)-c4ccccc4N7c4cc(-c5ccccc5)cc(-c5ccccc5)c4)c3)c2)cc1. The molecular formula is C64H42N2S. The molecule has 0 amide bonds. The Balaban J connectivity index is 0.952. The fraction of sp³-hybridized carbons (Fsp3) is 0. The highest BCUT2D eigenvalue weighted by molar-refractivity contribution is 7.26. The molecule has 11 aromatic carbocycles. The number of thiophene rings is 1. The minimum absolute atomic E-state index is 1.11. The van der Waals surface area contributed by atoms with E-state index in [2.05, 4.69) is 265 Å². The molecule has 1 aromatic heterocycles. The molecule has 0 atom stereocenters. The molecule has 0 spiro atoms. The predicted octanol–water partition coefficient (Wildman–Crippen LogP) is 18.8. The van der Waals surface area contributed by atoms with Crippen molar-refractivity contribution in [3.8, 4) is 55.6 Å². The number of hydrogen-bond donors (Lipinski definition) is 0. The maximum absolute atomic E-state index is 2.49. The van der Waals surface area contributed by atoms with Crippen molar-refractivity contribution in [2.45, 2.75) is 0 Å². The van der Waals surface area contributed by atoms with Crippen molar-refractivity contribution in [1.29, 1.82) is 0 Å². The second-order valence-electron chi connectivity index (χ2n) is 17.3. The van der Waals surface area contributed by atoms with Crippen molar-refractivity contribution in [1.82, 2.24) is 0 Å². The van der Waals surface area contributed by atoms with Gasteiger partial charge in [0, 0.05) is 59.4 Å². The van der Waals surface area contributed by atoms with Crippen molar-refractivity contribution >= 4 is 76.4 Å². The zero-order valence-corrected chi connectivity index (χ0v) is 37.4. The molecule has 2 nitrogen and oxygen atoms in total. The van der Waals surface area contributed by atoms with Crippen LogP contribution in [0.5, 0.6) is 0 Å². The molecule has 0 saturated carbocycles. The van der Waals surface area contributed by atoms with E-state index in [4.69, 9.17) is 0 Å².